The molecule has 30 heavy (non-hydrogen) atoms. The van der Waals surface area contributed by atoms with E-state index in [9.17, 15) is 4.79 Å². The summed E-state index contributed by atoms with van der Waals surface area (Å²) in [6.45, 7) is 6.68. The highest BCUT2D eigenvalue weighted by Crippen LogP contribution is 2.30. The van der Waals surface area contributed by atoms with E-state index in [0.29, 0.717) is 6.61 Å². The number of hydrogen-bond donors (Lipinski definition) is 0. The van der Waals surface area contributed by atoms with E-state index in [2.05, 4.69) is 20.8 Å². The molecule has 160 valence electrons. The normalized spacial score (nSPS) is 22.2. The number of benzene rings is 2. The predicted molar refractivity (Wildman–Crippen MR) is 121 cm³/mol. The molecule has 0 amide bonds. The van der Waals surface area contributed by atoms with Crippen molar-refractivity contribution in [3.63, 3.8) is 0 Å². The first-order valence-corrected chi connectivity index (χ1v) is 11.1. The van der Waals surface area contributed by atoms with Gasteiger partial charge in [0.15, 0.2) is 6.04 Å². The van der Waals surface area contributed by atoms with Gasteiger partial charge >= 0.3 is 5.97 Å². The van der Waals surface area contributed by atoms with E-state index in [-0.39, 0.29) is 24.1 Å². The van der Waals surface area contributed by atoms with Gasteiger partial charge in [-0.2, -0.15) is 0 Å². The largest absolute Gasteiger partial charge is 0.464 e. The van der Waals surface area contributed by atoms with E-state index in [0.717, 1.165) is 42.5 Å². The van der Waals surface area contributed by atoms with Gasteiger partial charge in [-0.25, -0.2) is 4.79 Å². The van der Waals surface area contributed by atoms with Gasteiger partial charge in [0.2, 0.25) is 0 Å². The second kappa shape index (κ2) is 11.1. The molecule has 1 saturated heterocycles. The first-order chi connectivity index (χ1) is 14.6. The fourth-order valence-electron chi connectivity index (χ4n) is 4.11. The first kappa shape index (κ1) is 22.2. The Morgan fingerprint density at radius 3 is 2.03 bits per heavy atom. The van der Waals surface area contributed by atoms with Crippen LogP contribution in [0.1, 0.15) is 57.6 Å². The summed E-state index contributed by atoms with van der Waals surface area (Å²) in [5.74, 6) is -0.126. The fourth-order valence-corrected chi connectivity index (χ4v) is 4.11. The summed E-state index contributed by atoms with van der Waals surface area (Å²) in [5.41, 5.74) is 2.84. The Balaban J connectivity index is 2.00. The fraction of sp³-hybridized carbons (Fsp3) is 0.462. The second-order valence-corrected chi connectivity index (χ2v) is 8.16. The third kappa shape index (κ3) is 6.02. The van der Waals surface area contributed by atoms with Crippen molar-refractivity contribution in [1.82, 2.24) is 0 Å². The average Bonchev–Trinajstić information content (AvgIpc) is 2.75. The quantitative estimate of drug-likeness (QED) is 0.333. The Labute approximate surface area is 180 Å². The topological polar surface area (TPSA) is 47.9 Å². The number of esters is 1. The zero-order valence-electron chi connectivity index (χ0n) is 18.3. The monoisotopic (exact) mass is 407 g/mol. The lowest BCUT2D eigenvalue weighted by Gasteiger charge is -2.34. The maximum Gasteiger partial charge on any atom is 0.331 e. The summed E-state index contributed by atoms with van der Waals surface area (Å²) in [4.78, 5) is 18.2. The lowest BCUT2D eigenvalue weighted by Crippen LogP contribution is -2.39. The van der Waals surface area contributed by atoms with E-state index < -0.39 is 6.04 Å². The molecule has 1 aliphatic rings. The SMILES string of the molecule is CCCCOC(=O)[C@@H](N=C(c1ccccc1)c1ccccc1)C1C[C@@H](C)O[C@H](C)C1. The van der Waals surface area contributed by atoms with Gasteiger partial charge < -0.3 is 9.47 Å². The van der Waals surface area contributed by atoms with Crippen LogP contribution < -0.4 is 0 Å². The van der Waals surface area contributed by atoms with Crippen molar-refractivity contribution in [1.29, 1.82) is 0 Å². The highest BCUT2D eigenvalue weighted by molar-refractivity contribution is 6.13. The lowest BCUT2D eigenvalue weighted by atomic mass is 9.86. The minimum absolute atomic E-state index is 0.0975. The molecule has 0 N–H and O–H groups in total. The summed E-state index contributed by atoms with van der Waals surface area (Å²) in [7, 11) is 0. The van der Waals surface area contributed by atoms with Crippen molar-refractivity contribution in [2.24, 2.45) is 10.9 Å². The summed E-state index contributed by atoms with van der Waals surface area (Å²) < 4.78 is 11.6. The Bertz CT molecular complexity index is 767. The van der Waals surface area contributed by atoms with Crippen molar-refractivity contribution in [3.8, 4) is 0 Å². The Morgan fingerprint density at radius 2 is 1.53 bits per heavy atom. The third-order valence-electron chi connectivity index (χ3n) is 5.53. The minimum Gasteiger partial charge on any atom is -0.464 e. The van der Waals surface area contributed by atoms with E-state index in [1.165, 1.54) is 0 Å². The molecule has 1 aliphatic heterocycles. The standard InChI is InChI=1S/C26H33NO3/c1-4-5-16-29-26(28)25(23-17-19(2)30-20(3)18-23)27-24(21-12-8-6-9-13-21)22-14-10-7-11-15-22/h6-15,19-20,23,25H,4-5,16-18H2,1-3H3/t19-,20-,25+/m1/s1. The van der Waals surface area contributed by atoms with Crippen LogP contribution in [0.3, 0.4) is 0 Å². The molecule has 0 spiro atoms. The van der Waals surface area contributed by atoms with Crippen LogP contribution in [0.4, 0.5) is 0 Å². The van der Waals surface area contributed by atoms with Crippen molar-refractivity contribution in [2.75, 3.05) is 6.61 Å². The van der Waals surface area contributed by atoms with Gasteiger partial charge in [-0.1, -0.05) is 74.0 Å². The lowest BCUT2D eigenvalue weighted by molar-refractivity contribution is -0.148. The molecular weight excluding hydrogens is 374 g/mol. The Hall–Kier alpha value is -2.46. The van der Waals surface area contributed by atoms with E-state index in [1.54, 1.807) is 0 Å². The van der Waals surface area contributed by atoms with Crippen molar-refractivity contribution in [2.45, 2.75) is 64.7 Å². The van der Waals surface area contributed by atoms with Gasteiger partial charge in [-0.15, -0.1) is 0 Å². The summed E-state index contributed by atoms with van der Waals surface area (Å²) >= 11 is 0. The van der Waals surface area contributed by atoms with Crippen molar-refractivity contribution in [3.05, 3.63) is 71.8 Å². The number of carbonyl (C=O) groups excluding carboxylic acids is 1. The molecule has 3 atom stereocenters. The molecule has 4 heteroatoms. The third-order valence-corrected chi connectivity index (χ3v) is 5.53. The predicted octanol–water partition coefficient (Wildman–Crippen LogP) is 5.44. The van der Waals surface area contributed by atoms with Crippen LogP contribution in [-0.4, -0.2) is 36.5 Å². The molecule has 0 aromatic heterocycles. The van der Waals surface area contributed by atoms with E-state index in [4.69, 9.17) is 14.5 Å². The zero-order valence-corrected chi connectivity index (χ0v) is 18.3. The molecular formula is C26H33NO3. The van der Waals surface area contributed by atoms with Gasteiger partial charge in [-0.3, -0.25) is 4.99 Å². The molecule has 0 saturated carbocycles. The molecule has 2 aromatic rings. The van der Waals surface area contributed by atoms with Gasteiger partial charge in [0.1, 0.15) is 0 Å². The maximum absolute atomic E-state index is 13.2. The molecule has 0 unspecified atom stereocenters. The number of hydrogen-bond acceptors (Lipinski definition) is 4. The van der Waals surface area contributed by atoms with Crippen LogP contribution in [0.15, 0.2) is 65.7 Å². The maximum atomic E-state index is 13.2. The first-order valence-electron chi connectivity index (χ1n) is 11.1. The smallest absolute Gasteiger partial charge is 0.331 e. The zero-order chi connectivity index (χ0) is 21.3. The van der Waals surface area contributed by atoms with Gasteiger partial charge in [0.05, 0.1) is 24.5 Å². The molecule has 0 aliphatic carbocycles. The summed E-state index contributed by atoms with van der Waals surface area (Å²) in [6.07, 6.45) is 3.68. The highest BCUT2D eigenvalue weighted by Gasteiger charge is 2.36. The van der Waals surface area contributed by atoms with E-state index >= 15 is 0 Å². The van der Waals surface area contributed by atoms with Crippen LogP contribution in [-0.2, 0) is 14.3 Å². The summed E-state index contributed by atoms with van der Waals surface area (Å²) in [5, 5.41) is 0. The van der Waals surface area contributed by atoms with Crippen molar-refractivity contribution < 1.29 is 14.3 Å². The number of ether oxygens (including phenoxy) is 2. The Kier molecular flexibility index (Phi) is 8.21. The number of aliphatic imine (C=N–C) groups is 1. The molecule has 4 nitrogen and oxygen atoms in total. The van der Waals surface area contributed by atoms with Crippen LogP contribution in [0, 0.1) is 5.92 Å². The van der Waals surface area contributed by atoms with Crippen LogP contribution in [0.2, 0.25) is 0 Å². The number of carbonyl (C=O) groups is 1. The highest BCUT2D eigenvalue weighted by atomic mass is 16.5. The number of unbranched alkanes of at least 4 members (excludes halogenated alkanes) is 1. The number of rotatable bonds is 8. The molecule has 3 rings (SSSR count). The van der Waals surface area contributed by atoms with Crippen LogP contribution >= 0.6 is 0 Å². The molecule has 0 radical (unpaired) electrons. The average molecular weight is 408 g/mol. The molecule has 1 fully saturated rings. The Morgan fingerprint density at radius 1 is 1.00 bits per heavy atom. The van der Waals surface area contributed by atoms with Crippen LogP contribution in [0.25, 0.3) is 0 Å². The van der Waals surface area contributed by atoms with Crippen LogP contribution in [0.5, 0.6) is 0 Å². The van der Waals surface area contributed by atoms with Gasteiger partial charge in [0, 0.05) is 11.1 Å². The van der Waals surface area contributed by atoms with Gasteiger partial charge in [-0.05, 0) is 39.0 Å². The van der Waals surface area contributed by atoms with E-state index in [1.807, 2.05) is 60.7 Å². The second-order valence-electron chi connectivity index (χ2n) is 8.16. The molecule has 2 aromatic carbocycles. The molecule has 1 heterocycles. The summed E-state index contributed by atoms with van der Waals surface area (Å²) in [6, 6.07) is 19.6. The van der Waals surface area contributed by atoms with Crippen molar-refractivity contribution >= 4 is 11.7 Å². The number of nitrogens with zero attached hydrogens (tertiary/aromatic N) is 1. The minimum atomic E-state index is -0.536. The molecule has 0 bridgehead atoms. The van der Waals surface area contributed by atoms with Gasteiger partial charge in [0.25, 0.3) is 0 Å².